The van der Waals surface area contributed by atoms with Crippen molar-refractivity contribution in [3.05, 3.63) is 84.4 Å². The highest BCUT2D eigenvalue weighted by atomic mass is 16.5. The number of rotatable bonds is 8. The van der Waals surface area contributed by atoms with E-state index in [4.69, 9.17) is 4.74 Å². The molecule has 0 radical (unpaired) electrons. The Morgan fingerprint density at radius 1 is 0.886 bits per heavy atom. The summed E-state index contributed by atoms with van der Waals surface area (Å²) in [4.78, 5) is 13.8. The van der Waals surface area contributed by atoms with Gasteiger partial charge in [0.25, 0.3) is 0 Å². The lowest BCUT2D eigenvalue weighted by atomic mass is 9.82. The van der Waals surface area contributed by atoms with E-state index in [-0.39, 0.29) is 17.7 Å². The maximum absolute atomic E-state index is 13.8. The summed E-state index contributed by atoms with van der Waals surface area (Å²) in [6.45, 7) is 12.5. The molecule has 0 aliphatic rings. The van der Waals surface area contributed by atoms with Crippen LogP contribution in [0.5, 0.6) is 5.75 Å². The molecular weight excluding hydrogens is 430 g/mol. The second-order valence-corrected chi connectivity index (χ2v) is 9.39. The van der Waals surface area contributed by atoms with Crippen LogP contribution in [-0.2, 0) is 4.79 Å². The van der Waals surface area contributed by atoms with Crippen LogP contribution in [0.4, 0.5) is 5.69 Å². The van der Waals surface area contributed by atoms with Gasteiger partial charge in [0.2, 0.25) is 5.91 Å². The van der Waals surface area contributed by atoms with Gasteiger partial charge in [0.05, 0.1) is 12.8 Å². The van der Waals surface area contributed by atoms with Gasteiger partial charge in [-0.05, 0) is 71.8 Å². The van der Waals surface area contributed by atoms with E-state index >= 15 is 0 Å². The minimum atomic E-state index is -0.134. The Bertz CT molecular complexity index is 1400. The molecule has 0 fully saturated rings. The zero-order chi connectivity index (χ0) is 25.1. The number of carbonyl (C=O) groups is 1. The first-order valence-electron chi connectivity index (χ1n) is 12.5. The van der Waals surface area contributed by atoms with Gasteiger partial charge in [-0.2, -0.15) is 0 Å². The summed E-state index contributed by atoms with van der Waals surface area (Å²) in [7, 11) is 1.70. The van der Waals surface area contributed by atoms with Gasteiger partial charge < -0.3 is 10.1 Å². The molecule has 2 atom stereocenters. The van der Waals surface area contributed by atoms with Crippen molar-refractivity contribution in [3.8, 4) is 16.9 Å². The summed E-state index contributed by atoms with van der Waals surface area (Å²) >= 11 is 0. The number of anilines is 1. The molecule has 0 spiro atoms. The van der Waals surface area contributed by atoms with E-state index in [0.29, 0.717) is 0 Å². The summed E-state index contributed by atoms with van der Waals surface area (Å²) in [5, 5.41) is 7.82. The van der Waals surface area contributed by atoms with Gasteiger partial charge in [0, 0.05) is 17.0 Å². The molecule has 1 N–H and O–H groups in total. The van der Waals surface area contributed by atoms with Crippen LogP contribution in [0, 0.1) is 18.8 Å². The highest BCUT2D eigenvalue weighted by Gasteiger charge is 2.28. The van der Waals surface area contributed by atoms with Crippen LogP contribution in [0.1, 0.15) is 39.2 Å². The van der Waals surface area contributed by atoms with Crippen LogP contribution < -0.4 is 10.1 Å². The van der Waals surface area contributed by atoms with Gasteiger partial charge in [-0.25, -0.2) is 0 Å². The normalized spacial score (nSPS) is 12.9. The van der Waals surface area contributed by atoms with Crippen molar-refractivity contribution in [3.63, 3.8) is 0 Å². The quantitative estimate of drug-likeness (QED) is 0.265. The molecule has 0 saturated carbocycles. The van der Waals surface area contributed by atoms with Gasteiger partial charge >= 0.3 is 0 Å². The highest BCUT2D eigenvalue weighted by molar-refractivity contribution is 6.14. The molecule has 0 saturated heterocycles. The molecule has 0 aromatic heterocycles. The number of methoxy groups -OCH3 is 1. The van der Waals surface area contributed by atoms with E-state index in [1.54, 1.807) is 7.11 Å². The fourth-order valence-corrected chi connectivity index (χ4v) is 5.43. The zero-order valence-electron chi connectivity index (χ0n) is 21.4. The number of amides is 1. The van der Waals surface area contributed by atoms with E-state index in [2.05, 4.69) is 75.1 Å². The van der Waals surface area contributed by atoms with Crippen molar-refractivity contribution in [2.45, 2.75) is 40.5 Å². The van der Waals surface area contributed by atoms with Crippen molar-refractivity contribution < 1.29 is 9.53 Å². The summed E-state index contributed by atoms with van der Waals surface area (Å²) in [6.07, 6.45) is 1.65. The topological polar surface area (TPSA) is 38.3 Å². The van der Waals surface area contributed by atoms with Gasteiger partial charge in [-0.3, -0.25) is 4.79 Å². The molecule has 0 aliphatic heterocycles. The van der Waals surface area contributed by atoms with Gasteiger partial charge in [0.15, 0.2) is 0 Å². The first-order chi connectivity index (χ1) is 16.9. The average molecular weight is 466 g/mol. The molecule has 180 valence electrons. The number of ether oxygens (including phenoxy) is 1. The fraction of sp³-hybridized carbons (Fsp3) is 0.281. The summed E-state index contributed by atoms with van der Waals surface area (Å²) in [6, 6.07) is 22.9. The maximum Gasteiger partial charge on any atom is 0.228 e. The number of carbonyl (C=O) groups excluding carboxylic acids is 1. The van der Waals surface area contributed by atoms with Crippen LogP contribution in [-0.4, -0.2) is 13.0 Å². The lowest BCUT2D eigenvalue weighted by Gasteiger charge is -2.27. The number of hydrogen-bond donors (Lipinski definition) is 1. The molecule has 0 bridgehead atoms. The Hall–Kier alpha value is -3.59. The number of benzene rings is 4. The first-order valence-corrected chi connectivity index (χ1v) is 12.5. The molecule has 3 nitrogen and oxygen atoms in total. The molecular formula is C32H35NO2. The standard InChI is InChI=1S/C32H35NO2/c1-7-24(20(3)4)25(8-2)32(34)33-31-21(5)19-23-14-10-12-16-27(23)30(31)29-26-15-11-9-13-22(26)17-18-28(29)35-6/h9-19,24-25H,3,7-8H2,1-2,4-6H3,(H,33,34)/t24-,25-/m0/s1. The largest absolute Gasteiger partial charge is 0.496 e. The monoisotopic (exact) mass is 465 g/mol. The van der Waals surface area contributed by atoms with Crippen molar-refractivity contribution in [2.24, 2.45) is 11.8 Å². The van der Waals surface area contributed by atoms with Crippen molar-refractivity contribution in [1.29, 1.82) is 0 Å². The van der Waals surface area contributed by atoms with Crippen LogP contribution in [0.3, 0.4) is 0 Å². The summed E-state index contributed by atoms with van der Waals surface area (Å²) in [5.41, 5.74) is 4.93. The third kappa shape index (κ3) is 4.55. The predicted molar refractivity (Wildman–Crippen MR) is 149 cm³/mol. The number of fused-ring (bicyclic) bond motifs is 2. The van der Waals surface area contributed by atoms with E-state index in [1.165, 1.54) is 0 Å². The third-order valence-electron chi connectivity index (χ3n) is 7.19. The average Bonchev–Trinajstić information content (AvgIpc) is 2.86. The van der Waals surface area contributed by atoms with E-state index in [0.717, 1.165) is 68.1 Å². The first kappa shape index (κ1) is 24.5. The fourth-order valence-electron chi connectivity index (χ4n) is 5.43. The molecule has 0 unspecified atom stereocenters. The van der Waals surface area contributed by atoms with Gasteiger partial charge in [-0.15, -0.1) is 0 Å². The van der Waals surface area contributed by atoms with Gasteiger partial charge in [-0.1, -0.05) is 80.6 Å². The third-order valence-corrected chi connectivity index (χ3v) is 7.19. The number of allylic oxidation sites excluding steroid dienone is 1. The van der Waals surface area contributed by atoms with Crippen LogP contribution in [0.2, 0.25) is 0 Å². The van der Waals surface area contributed by atoms with E-state index in [9.17, 15) is 4.79 Å². The van der Waals surface area contributed by atoms with Crippen LogP contribution >= 0.6 is 0 Å². The maximum atomic E-state index is 13.8. The minimum Gasteiger partial charge on any atom is -0.496 e. The van der Waals surface area contributed by atoms with Crippen molar-refractivity contribution in [2.75, 3.05) is 12.4 Å². The number of nitrogens with one attached hydrogen (secondary N) is 1. The molecule has 0 aliphatic carbocycles. The molecule has 35 heavy (non-hydrogen) atoms. The molecule has 1 amide bonds. The Morgan fingerprint density at radius 2 is 1.49 bits per heavy atom. The number of hydrogen-bond acceptors (Lipinski definition) is 2. The second-order valence-electron chi connectivity index (χ2n) is 9.39. The lowest BCUT2D eigenvalue weighted by molar-refractivity contribution is -0.121. The lowest BCUT2D eigenvalue weighted by Crippen LogP contribution is -2.29. The van der Waals surface area contributed by atoms with Crippen LogP contribution in [0.15, 0.2) is 78.9 Å². The van der Waals surface area contributed by atoms with E-state index < -0.39 is 0 Å². The molecule has 4 rings (SSSR count). The van der Waals surface area contributed by atoms with Crippen molar-refractivity contribution >= 4 is 33.1 Å². The van der Waals surface area contributed by atoms with E-state index in [1.807, 2.05) is 31.2 Å². The number of aryl methyl sites for hydroxylation is 1. The van der Waals surface area contributed by atoms with Crippen LogP contribution in [0.25, 0.3) is 32.7 Å². The summed E-state index contributed by atoms with van der Waals surface area (Å²) in [5.74, 6) is 0.846. The highest BCUT2D eigenvalue weighted by Crippen LogP contribution is 2.46. The zero-order valence-corrected chi connectivity index (χ0v) is 21.4. The SMILES string of the molecule is C=C(C)[C@H](CC)[C@H](CC)C(=O)Nc1c(C)cc2ccccc2c1-c1c(OC)ccc2ccccc12. The van der Waals surface area contributed by atoms with Gasteiger partial charge in [0.1, 0.15) is 5.75 Å². The Kier molecular flexibility index (Phi) is 7.25. The predicted octanol–water partition coefficient (Wildman–Crippen LogP) is 8.54. The van der Waals surface area contributed by atoms with Crippen molar-refractivity contribution in [1.82, 2.24) is 0 Å². The molecule has 0 heterocycles. The Morgan fingerprint density at radius 3 is 2.09 bits per heavy atom. The Labute approximate surface area is 208 Å². The molecule has 3 heteroatoms. The second kappa shape index (κ2) is 10.4. The molecule has 4 aromatic rings. The Balaban J connectivity index is 2.00. The minimum absolute atomic E-state index is 0.0428. The summed E-state index contributed by atoms with van der Waals surface area (Å²) < 4.78 is 5.89. The smallest absolute Gasteiger partial charge is 0.228 e. The molecule has 4 aromatic carbocycles.